The van der Waals surface area contributed by atoms with Crippen LogP contribution < -0.4 is 10.1 Å². The first-order chi connectivity index (χ1) is 14.4. The first-order valence-corrected chi connectivity index (χ1v) is 10.6. The SMILES string of the molecule is CC(C)(C)c1ccc(NC(=O)N2CCC(Oc3cccc4cccnc34)CC2)cc1. The fourth-order valence-electron chi connectivity index (χ4n) is 3.78. The van der Waals surface area contributed by atoms with E-state index in [0.29, 0.717) is 13.1 Å². The molecule has 0 unspecified atom stereocenters. The molecule has 1 aliphatic rings. The molecular formula is C25H29N3O2. The number of nitrogens with zero attached hydrogens (tertiary/aromatic N) is 2. The minimum atomic E-state index is -0.0520. The highest BCUT2D eigenvalue weighted by Gasteiger charge is 2.24. The number of aromatic nitrogens is 1. The number of anilines is 1. The fraction of sp³-hybridized carbons (Fsp3) is 0.360. The van der Waals surface area contributed by atoms with Crippen LogP contribution in [0.5, 0.6) is 5.75 Å². The number of pyridine rings is 1. The number of rotatable bonds is 3. The van der Waals surface area contributed by atoms with Gasteiger partial charge in [-0.05, 0) is 35.2 Å². The van der Waals surface area contributed by atoms with Gasteiger partial charge in [-0.3, -0.25) is 4.98 Å². The second-order valence-corrected chi connectivity index (χ2v) is 8.89. The van der Waals surface area contributed by atoms with E-state index in [9.17, 15) is 4.79 Å². The number of hydrogen-bond donors (Lipinski definition) is 1. The first-order valence-electron chi connectivity index (χ1n) is 10.6. The summed E-state index contributed by atoms with van der Waals surface area (Å²) in [5.74, 6) is 0.815. The van der Waals surface area contributed by atoms with E-state index in [0.717, 1.165) is 35.2 Å². The van der Waals surface area contributed by atoms with Crippen LogP contribution in [0.1, 0.15) is 39.2 Å². The lowest BCUT2D eigenvalue weighted by Gasteiger charge is -2.32. The third kappa shape index (κ3) is 4.56. The molecule has 0 atom stereocenters. The molecule has 3 aromatic rings. The number of fused-ring (bicyclic) bond motifs is 1. The Morgan fingerprint density at radius 2 is 1.73 bits per heavy atom. The lowest BCUT2D eigenvalue weighted by molar-refractivity contribution is 0.116. The van der Waals surface area contributed by atoms with Crippen LogP contribution >= 0.6 is 0 Å². The van der Waals surface area contributed by atoms with Gasteiger partial charge in [0, 0.05) is 43.2 Å². The van der Waals surface area contributed by atoms with E-state index < -0.39 is 0 Å². The molecule has 2 amide bonds. The van der Waals surface area contributed by atoms with Gasteiger partial charge >= 0.3 is 6.03 Å². The van der Waals surface area contributed by atoms with Crippen LogP contribution in [-0.2, 0) is 5.41 Å². The Kier molecular flexibility index (Phi) is 5.62. The van der Waals surface area contributed by atoms with Gasteiger partial charge in [0.2, 0.25) is 0 Å². The highest BCUT2D eigenvalue weighted by Crippen LogP contribution is 2.27. The van der Waals surface area contributed by atoms with Gasteiger partial charge in [-0.15, -0.1) is 0 Å². The minimum Gasteiger partial charge on any atom is -0.488 e. The molecule has 5 heteroatoms. The lowest BCUT2D eigenvalue weighted by Crippen LogP contribution is -2.43. The normalized spacial score (nSPS) is 15.2. The van der Waals surface area contributed by atoms with Crippen LogP contribution in [-0.4, -0.2) is 35.1 Å². The van der Waals surface area contributed by atoms with E-state index in [2.05, 4.69) is 43.2 Å². The maximum absolute atomic E-state index is 12.7. The summed E-state index contributed by atoms with van der Waals surface area (Å²) in [6, 6.07) is 18.0. The number of amides is 2. The Morgan fingerprint density at radius 1 is 1.03 bits per heavy atom. The molecule has 1 saturated heterocycles. The van der Waals surface area contributed by atoms with Gasteiger partial charge in [-0.1, -0.05) is 51.1 Å². The summed E-state index contributed by atoms with van der Waals surface area (Å²) in [6.07, 6.45) is 3.49. The number of para-hydroxylation sites is 1. The number of nitrogens with one attached hydrogen (secondary N) is 1. The molecule has 0 saturated carbocycles. The summed E-state index contributed by atoms with van der Waals surface area (Å²) in [4.78, 5) is 19.0. The highest BCUT2D eigenvalue weighted by atomic mass is 16.5. The van der Waals surface area contributed by atoms with Crippen molar-refractivity contribution in [3.05, 3.63) is 66.4 Å². The van der Waals surface area contributed by atoms with Crippen LogP contribution in [0, 0.1) is 0 Å². The fourth-order valence-corrected chi connectivity index (χ4v) is 3.78. The maximum Gasteiger partial charge on any atom is 0.321 e. The Morgan fingerprint density at radius 3 is 2.43 bits per heavy atom. The van der Waals surface area contributed by atoms with E-state index in [1.165, 1.54) is 5.56 Å². The first kappa shape index (κ1) is 20.2. The number of hydrogen-bond acceptors (Lipinski definition) is 3. The molecule has 0 spiro atoms. The molecule has 2 heterocycles. The zero-order valence-corrected chi connectivity index (χ0v) is 17.9. The average Bonchev–Trinajstić information content (AvgIpc) is 2.74. The Bertz CT molecular complexity index is 1010. The van der Waals surface area contributed by atoms with Crippen LogP contribution in [0.15, 0.2) is 60.8 Å². The Balaban J connectivity index is 1.32. The van der Waals surface area contributed by atoms with Crippen molar-refractivity contribution in [3.63, 3.8) is 0 Å². The van der Waals surface area contributed by atoms with Crippen molar-refractivity contribution < 1.29 is 9.53 Å². The Labute approximate surface area is 178 Å². The van der Waals surface area contributed by atoms with E-state index >= 15 is 0 Å². The van der Waals surface area contributed by atoms with Gasteiger partial charge < -0.3 is 15.0 Å². The zero-order valence-electron chi connectivity index (χ0n) is 17.9. The molecule has 2 aromatic carbocycles. The van der Waals surface area contributed by atoms with Crippen molar-refractivity contribution in [1.29, 1.82) is 0 Å². The molecule has 1 aliphatic heterocycles. The molecule has 5 nitrogen and oxygen atoms in total. The van der Waals surface area contributed by atoms with Gasteiger partial charge in [0.15, 0.2) is 0 Å². The summed E-state index contributed by atoms with van der Waals surface area (Å²) in [7, 11) is 0. The molecular weight excluding hydrogens is 374 g/mol. The predicted octanol–water partition coefficient (Wildman–Crippen LogP) is 5.61. The maximum atomic E-state index is 12.7. The highest BCUT2D eigenvalue weighted by molar-refractivity contribution is 5.89. The van der Waals surface area contributed by atoms with E-state index in [1.54, 1.807) is 6.20 Å². The van der Waals surface area contributed by atoms with Crippen LogP contribution in [0.2, 0.25) is 0 Å². The number of carbonyl (C=O) groups excluding carboxylic acids is 1. The molecule has 1 N–H and O–H groups in total. The van der Waals surface area contributed by atoms with Crippen molar-refractivity contribution in [1.82, 2.24) is 9.88 Å². The van der Waals surface area contributed by atoms with Crippen LogP contribution in [0.3, 0.4) is 0 Å². The molecule has 0 radical (unpaired) electrons. The topological polar surface area (TPSA) is 54.5 Å². The average molecular weight is 404 g/mol. The number of benzene rings is 2. The van der Waals surface area contributed by atoms with Gasteiger partial charge in [0.1, 0.15) is 17.4 Å². The monoisotopic (exact) mass is 403 g/mol. The third-order valence-electron chi connectivity index (χ3n) is 5.62. The molecule has 30 heavy (non-hydrogen) atoms. The number of likely N-dealkylation sites (tertiary alicyclic amines) is 1. The molecule has 0 aliphatic carbocycles. The molecule has 1 aromatic heterocycles. The third-order valence-corrected chi connectivity index (χ3v) is 5.62. The smallest absolute Gasteiger partial charge is 0.321 e. The quantitative estimate of drug-likeness (QED) is 0.619. The van der Waals surface area contributed by atoms with Gasteiger partial charge in [0.25, 0.3) is 0 Å². The second kappa shape index (κ2) is 8.34. The van der Waals surface area contributed by atoms with E-state index in [1.807, 2.05) is 47.4 Å². The second-order valence-electron chi connectivity index (χ2n) is 8.89. The van der Waals surface area contributed by atoms with Crippen molar-refractivity contribution >= 4 is 22.6 Å². The predicted molar refractivity (Wildman–Crippen MR) is 121 cm³/mol. The van der Waals surface area contributed by atoms with Gasteiger partial charge in [0.05, 0.1) is 0 Å². The standard InChI is InChI=1S/C25H29N3O2/c1-25(2,3)19-9-11-20(12-10-19)27-24(29)28-16-13-21(14-17-28)30-22-8-4-6-18-7-5-15-26-23(18)22/h4-12,15,21H,13-14,16-17H2,1-3H3,(H,27,29). The summed E-state index contributed by atoms with van der Waals surface area (Å²) in [5, 5.41) is 4.09. The van der Waals surface area contributed by atoms with Crippen molar-refractivity contribution in [2.45, 2.75) is 45.1 Å². The number of ether oxygens (including phenoxy) is 1. The summed E-state index contributed by atoms with van der Waals surface area (Å²) in [5.41, 5.74) is 3.07. The molecule has 1 fully saturated rings. The Hall–Kier alpha value is -3.08. The number of carbonyl (C=O) groups is 1. The minimum absolute atomic E-state index is 0.0520. The molecule has 4 rings (SSSR count). The number of urea groups is 1. The van der Waals surface area contributed by atoms with Crippen molar-refractivity contribution in [3.8, 4) is 5.75 Å². The van der Waals surface area contributed by atoms with Gasteiger partial charge in [-0.25, -0.2) is 4.79 Å². The number of piperidine rings is 1. The van der Waals surface area contributed by atoms with Gasteiger partial charge in [-0.2, -0.15) is 0 Å². The molecule has 156 valence electrons. The largest absolute Gasteiger partial charge is 0.488 e. The van der Waals surface area contributed by atoms with E-state index in [4.69, 9.17) is 4.74 Å². The molecule has 0 bridgehead atoms. The van der Waals surface area contributed by atoms with Crippen LogP contribution in [0.25, 0.3) is 10.9 Å². The summed E-state index contributed by atoms with van der Waals surface area (Å²) in [6.45, 7) is 7.90. The lowest BCUT2D eigenvalue weighted by atomic mass is 9.87. The van der Waals surface area contributed by atoms with Crippen LogP contribution in [0.4, 0.5) is 10.5 Å². The van der Waals surface area contributed by atoms with Crippen molar-refractivity contribution in [2.24, 2.45) is 0 Å². The summed E-state index contributed by atoms with van der Waals surface area (Å²) < 4.78 is 6.24. The van der Waals surface area contributed by atoms with Crippen molar-refractivity contribution in [2.75, 3.05) is 18.4 Å². The zero-order chi connectivity index (χ0) is 21.1. The van der Waals surface area contributed by atoms with E-state index in [-0.39, 0.29) is 17.6 Å². The summed E-state index contributed by atoms with van der Waals surface area (Å²) >= 11 is 0.